The van der Waals surface area contributed by atoms with Crippen molar-refractivity contribution in [2.24, 2.45) is 0 Å². The van der Waals surface area contributed by atoms with Crippen molar-refractivity contribution in [3.63, 3.8) is 0 Å². The van der Waals surface area contributed by atoms with E-state index in [1.165, 1.54) is 21.9 Å². The largest absolute Gasteiger partial charge is 0.466 e. The molecule has 0 aliphatic heterocycles. The molecule has 0 aliphatic rings. The summed E-state index contributed by atoms with van der Waals surface area (Å²) in [7, 11) is 1.62. The van der Waals surface area contributed by atoms with E-state index >= 15 is 0 Å². The Hall–Kier alpha value is -3.58. The number of hydrogen-bond donors (Lipinski definition) is 0. The molecule has 0 aliphatic carbocycles. The summed E-state index contributed by atoms with van der Waals surface area (Å²) < 4.78 is 11.2. The van der Waals surface area contributed by atoms with Gasteiger partial charge in [0.1, 0.15) is 5.78 Å². The standard InChI is InChI=1S/C16H18N2O3.C13H18O2/c1-3-21-16(20)10-13-5-4-6-14(9-13)11-18-15(19)8-7-12(2)17-18;1-11-3-5-12(6-4-11)7-8-13(14)9-10-15-2/h4-9H,3,10-11H2,1-2H3;3-6H,7-10H2,1-2H3. The van der Waals surface area contributed by atoms with E-state index in [1.54, 1.807) is 20.1 Å². The van der Waals surface area contributed by atoms with E-state index in [-0.39, 0.29) is 23.7 Å². The van der Waals surface area contributed by atoms with Gasteiger partial charge in [-0.1, -0.05) is 54.1 Å². The maximum atomic E-state index is 11.7. The summed E-state index contributed by atoms with van der Waals surface area (Å²) in [6.07, 6.45) is 2.22. The molecular formula is C29H36N2O5. The molecule has 0 saturated carbocycles. The van der Waals surface area contributed by atoms with Crippen LogP contribution < -0.4 is 5.56 Å². The molecule has 0 saturated heterocycles. The summed E-state index contributed by atoms with van der Waals surface area (Å²) in [6, 6.07) is 19.1. The Balaban J connectivity index is 0.000000269. The van der Waals surface area contributed by atoms with E-state index in [0.29, 0.717) is 32.6 Å². The van der Waals surface area contributed by atoms with Gasteiger partial charge in [-0.2, -0.15) is 5.10 Å². The number of rotatable bonds is 11. The molecule has 0 radical (unpaired) electrons. The molecule has 2 aromatic carbocycles. The molecule has 3 rings (SSSR count). The smallest absolute Gasteiger partial charge is 0.310 e. The normalized spacial score (nSPS) is 10.3. The lowest BCUT2D eigenvalue weighted by Crippen LogP contribution is -2.23. The molecule has 36 heavy (non-hydrogen) atoms. The average molecular weight is 493 g/mol. The molecule has 0 N–H and O–H groups in total. The zero-order chi connectivity index (χ0) is 26.3. The number of ketones is 1. The number of aromatic nitrogens is 2. The van der Waals surface area contributed by atoms with E-state index in [2.05, 4.69) is 36.3 Å². The van der Waals surface area contributed by atoms with Crippen molar-refractivity contribution in [3.05, 3.63) is 99.0 Å². The summed E-state index contributed by atoms with van der Waals surface area (Å²) in [5.41, 5.74) is 4.92. The highest BCUT2D eigenvalue weighted by molar-refractivity contribution is 5.78. The Morgan fingerprint density at radius 1 is 0.917 bits per heavy atom. The number of aryl methyl sites for hydroxylation is 3. The van der Waals surface area contributed by atoms with Gasteiger partial charge in [0, 0.05) is 26.0 Å². The van der Waals surface area contributed by atoms with E-state index in [1.807, 2.05) is 31.2 Å². The Bertz CT molecular complexity index is 1170. The summed E-state index contributed by atoms with van der Waals surface area (Å²) >= 11 is 0. The van der Waals surface area contributed by atoms with Crippen molar-refractivity contribution >= 4 is 11.8 Å². The second-order valence-corrected chi connectivity index (χ2v) is 8.54. The zero-order valence-electron chi connectivity index (χ0n) is 21.7. The minimum Gasteiger partial charge on any atom is -0.466 e. The van der Waals surface area contributed by atoms with Gasteiger partial charge in [0.15, 0.2) is 0 Å². The van der Waals surface area contributed by atoms with Crippen LogP contribution in [0.2, 0.25) is 0 Å². The molecule has 0 amide bonds. The van der Waals surface area contributed by atoms with Gasteiger partial charge in [-0.15, -0.1) is 0 Å². The number of hydrogen-bond acceptors (Lipinski definition) is 6. The van der Waals surface area contributed by atoms with Crippen molar-refractivity contribution in [2.45, 2.75) is 53.0 Å². The number of carbonyl (C=O) groups excluding carboxylic acids is 2. The SMILES string of the molecule is CCOC(=O)Cc1cccc(Cn2nc(C)ccc2=O)c1.COCCC(=O)CCc1ccc(C)cc1. The van der Waals surface area contributed by atoms with Gasteiger partial charge in [0.2, 0.25) is 0 Å². The Labute approximate surface area is 213 Å². The minimum atomic E-state index is -0.250. The predicted octanol–water partition coefficient (Wildman–Crippen LogP) is 4.24. The Morgan fingerprint density at radius 2 is 1.64 bits per heavy atom. The molecular weight excluding hydrogens is 456 g/mol. The van der Waals surface area contributed by atoms with Gasteiger partial charge >= 0.3 is 5.97 Å². The molecule has 3 aromatic rings. The zero-order valence-corrected chi connectivity index (χ0v) is 21.7. The average Bonchev–Trinajstić information content (AvgIpc) is 2.85. The topological polar surface area (TPSA) is 87.5 Å². The van der Waals surface area contributed by atoms with Crippen LogP contribution in [0.15, 0.2) is 65.5 Å². The third-order valence-electron chi connectivity index (χ3n) is 5.38. The van der Waals surface area contributed by atoms with Crippen molar-refractivity contribution < 1.29 is 19.1 Å². The van der Waals surface area contributed by atoms with E-state index in [4.69, 9.17) is 9.47 Å². The highest BCUT2D eigenvalue weighted by Crippen LogP contribution is 2.08. The van der Waals surface area contributed by atoms with Crippen LogP contribution in [0, 0.1) is 13.8 Å². The first-order valence-corrected chi connectivity index (χ1v) is 12.1. The summed E-state index contributed by atoms with van der Waals surface area (Å²) in [4.78, 5) is 34.6. The molecule has 7 nitrogen and oxygen atoms in total. The van der Waals surface area contributed by atoms with Gasteiger partial charge in [0.05, 0.1) is 31.9 Å². The van der Waals surface area contributed by atoms with Crippen LogP contribution in [0.4, 0.5) is 0 Å². The quantitative estimate of drug-likeness (QED) is 0.372. The number of carbonyl (C=O) groups is 2. The number of methoxy groups -OCH3 is 1. The first-order chi connectivity index (χ1) is 17.3. The first-order valence-electron chi connectivity index (χ1n) is 12.1. The number of Topliss-reactive ketones (excluding diaryl/α,β-unsaturated/α-hetero) is 1. The van der Waals surface area contributed by atoms with Crippen LogP contribution in [0.5, 0.6) is 0 Å². The third kappa shape index (κ3) is 10.8. The lowest BCUT2D eigenvalue weighted by Gasteiger charge is -2.07. The van der Waals surface area contributed by atoms with E-state index < -0.39 is 0 Å². The van der Waals surface area contributed by atoms with Gasteiger partial charge < -0.3 is 9.47 Å². The minimum absolute atomic E-state index is 0.142. The van der Waals surface area contributed by atoms with Crippen molar-refractivity contribution in [1.82, 2.24) is 9.78 Å². The Kier molecular flexibility index (Phi) is 12.3. The van der Waals surface area contributed by atoms with E-state index in [9.17, 15) is 14.4 Å². The number of esters is 1. The van der Waals surface area contributed by atoms with Gasteiger partial charge in [-0.3, -0.25) is 14.4 Å². The fourth-order valence-electron chi connectivity index (χ4n) is 3.43. The fraction of sp³-hybridized carbons (Fsp3) is 0.379. The number of ether oxygens (including phenoxy) is 2. The number of nitrogens with zero attached hydrogens (tertiary/aromatic N) is 2. The van der Waals surface area contributed by atoms with Crippen molar-refractivity contribution in [2.75, 3.05) is 20.3 Å². The summed E-state index contributed by atoms with van der Waals surface area (Å²) in [6.45, 7) is 6.98. The molecule has 0 atom stereocenters. The van der Waals surface area contributed by atoms with Crippen LogP contribution in [-0.2, 0) is 38.4 Å². The molecule has 0 bridgehead atoms. The lowest BCUT2D eigenvalue weighted by molar-refractivity contribution is -0.142. The molecule has 192 valence electrons. The molecule has 1 aromatic heterocycles. The second-order valence-electron chi connectivity index (χ2n) is 8.54. The van der Waals surface area contributed by atoms with Crippen LogP contribution in [-0.4, -0.2) is 41.9 Å². The highest BCUT2D eigenvalue weighted by atomic mass is 16.5. The second kappa shape index (κ2) is 15.4. The van der Waals surface area contributed by atoms with E-state index in [0.717, 1.165) is 23.2 Å². The molecule has 0 fully saturated rings. The molecule has 1 heterocycles. The van der Waals surface area contributed by atoms with Crippen LogP contribution in [0.3, 0.4) is 0 Å². The lowest BCUT2D eigenvalue weighted by atomic mass is 10.1. The Morgan fingerprint density at radius 3 is 2.33 bits per heavy atom. The predicted molar refractivity (Wildman–Crippen MR) is 140 cm³/mol. The third-order valence-corrected chi connectivity index (χ3v) is 5.38. The summed E-state index contributed by atoms with van der Waals surface area (Å²) in [5, 5.41) is 4.20. The van der Waals surface area contributed by atoms with Crippen molar-refractivity contribution in [3.8, 4) is 0 Å². The van der Waals surface area contributed by atoms with Crippen LogP contribution in [0.1, 0.15) is 47.7 Å². The molecule has 0 unspecified atom stereocenters. The van der Waals surface area contributed by atoms with Crippen molar-refractivity contribution in [1.29, 1.82) is 0 Å². The summed E-state index contributed by atoms with van der Waals surface area (Å²) in [5.74, 6) is 0.0259. The highest BCUT2D eigenvalue weighted by Gasteiger charge is 2.06. The van der Waals surface area contributed by atoms with Gasteiger partial charge in [-0.25, -0.2) is 4.68 Å². The maximum absolute atomic E-state index is 11.7. The maximum Gasteiger partial charge on any atom is 0.310 e. The fourth-order valence-corrected chi connectivity index (χ4v) is 3.43. The molecule has 7 heteroatoms. The van der Waals surface area contributed by atoms with Gasteiger partial charge in [-0.05, 0) is 49.9 Å². The molecule has 0 spiro atoms. The van der Waals surface area contributed by atoms with Crippen LogP contribution >= 0.6 is 0 Å². The monoisotopic (exact) mass is 492 g/mol. The first kappa shape index (κ1) is 28.7. The van der Waals surface area contributed by atoms with Gasteiger partial charge in [0.25, 0.3) is 5.56 Å². The number of benzene rings is 2. The van der Waals surface area contributed by atoms with Crippen LogP contribution in [0.25, 0.3) is 0 Å².